The maximum atomic E-state index is 5.34. The lowest BCUT2D eigenvalue weighted by Gasteiger charge is -2.21. The minimum Gasteiger partial charge on any atom is -0.467 e. The van der Waals surface area contributed by atoms with Crippen molar-refractivity contribution in [1.29, 1.82) is 0 Å². The summed E-state index contributed by atoms with van der Waals surface area (Å²) in [4.78, 5) is 6.98. The first-order valence-corrected chi connectivity index (χ1v) is 7.06. The highest BCUT2D eigenvalue weighted by Gasteiger charge is 2.16. The van der Waals surface area contributed by atoms with Gasteiger partial charge >= 0.3 is 0 Å². The van der Waals surface area contributed by atoms with Gasteiger partial charge in [-0.05, 0) is 37.1 Å². The van der Waals surface area contributed by atoms with Gasteiger partial charge in [0.15, 0.2) is 5.96 Å². The molecule has 4 nitrogen and oxygen atoms in total. The van der Waals surface area contributed by atoms with Crippen molar-refractivity contribution in [1.82, 2.24) is 4.90 Å². The van der Waals surface area contributed by atoms with Crippen molar-refractivity contribution >= 4 is 24.1 Å². The number of guanidine groups is 1. The summed E-state index contributed by atoms with van der Waals surface area (Å²) in [5.41, 5.74) is 1.07. The molecule has 3 rings (SSSR count). The van der Waals surface area contributed by atoms with E-state index in [2.05, 4.69) is 27.3 Å². The molecule has 21 heavy (non-hydrogen) atoms. The third-order valence-electron chi connectivity index (χ3n) is 3.40. The molecule has 2 heterocycles. The minimum absolute atomic E-state index is 0. The number of likely N-dealkylation sites (tertiary alicyclic amines) is 1. The lowest BCUT2D eigenvalue weighted by Crippen LogP contribution is -2.34. The van der Waals surface area contributed by atoms with Crippen LogP contribution in [0.15, 0.2) is 58.1 Å². The Hall–Kier alpha value is -1.94. The monoisotopic (exact) mass is 305 g/mol. The molecule has 0 saturated carbocycles. The smallest absolute Gasteiger partial charge is 0.198 e. The van der Waals surface area contributed by atoms with Crippen LogP contribution < -0.4 is 5.32 Å². The van der Waals surface area contributed by atoms with Crippen LogP contribution in [0.5, 0.6) is 0 Å². The van der Waals surface area contributed by atoms with Gasteiger partial charge in [-0.25, -0.2) is 4.99 Å². The first-order valence-electron chi connectivity index (χ1n) is 7.06. The van der Waals surface area contributed by atoms with E-state index in [1.807, 2.05) is 30.3 Å². The first kappa shape index (κ1) is 15.4. The van der Waals surface area contributed by atoms with Crippen LogP contribution in [-0.4, -0.2) is 23.9 Å². The van der Waals surface area contributed by atoms with Crippen molar-refractivity contribution in [2.24, 2.45) is 4.99 Å². The van der Waals surface area contributed by atoms with E-state index in [1.165, 1.54) is 12.8 Å². The van der Waals surface area contributed by atoms with Crippen LogP contribution in [-0.2, 0) is 6.54 Å². The topological polar surface area (TPSA) is 40.8 Å². The Labute approximate surface area is 131 Å². The maximum absolute atomic E-state index is 5.34. The number of benzene rings is 1. The zero-order valence-corrected chi connectivity index (χ0v) is 12.7. The van der Waals surface area contributed by atoms with Gasteiger partial charge in [-0.15, -0.1) is 12.4 Å². The Morgan fingerprint density at radius 3 is 2.52 bits per heavy atom. The zero-order valence-electron chi connectivity index (χ0n) is 11.9. The highest BCUT2D eigenvalue weighted by molar-refractivity contribution is 5.93. The van der Waals surface area contributed by atoms with Crippen LogP contribution >= 0.6 is 12.4 Å². The summed E-state index contributed by atoms with van der Waals surface area (Å²) in [5, 5.41) is 3.42. The molecule has 112 valence electrons. The van der Waals surface area contributed by atoms with E-state index in [4.69, 9.17) is 4.42 Å². The average molecular weight is 306 g/mol. The summed E-state index contributed by atoms with van der Waals surface area (Å²) in [6.45, 7) is 2.70. The molecule has 0 spiro atoms. The minimum atomic E-state index is 0. The largest absolute Gasteiger partial charge is 0.467 e. The third kappa shape index (κ3) is 4.26. The summed E-state index contributed by atoms with van der Waals surface area (Å²) in [5.74, 6) is 1.82. The van der Waals surface area contributed by atoms with Crippen molar-refractivity contribution in [2.45, 2.75) is 19.4 Å². The lowest BCUT2D eigenvalue weighted by molar-refractivity contribution is 0.497. The first-order chi connectivity index (χ1) is 9.92. The number of nitrogens with zero attached hydrogens (tertiary/aromatic N) is 2. The van der Waals surface area contributed by atoms with Crippen LogP contribution in [0.2, 0.25) is 0 Å². The Bertz CT molecular complexity index is 548. The van der Waals surface area contributed by atoms with Crippen LogP contribution in [0, 0.1) is 0 Å². The molecule has 0 radical (unpaired) electrons. The molecule has 2 aromatic rings. The van der Waals surface area contributed by atoms with E-state index < -0.39 is 0 Å². The molecule has 1 aliphatic heterocycles. The van der Waals surface area contributed by atoms with E-state index in [0.717, 1.165) is 30.5 Å². The molecule has 0 atom stereocenters. The Kier molecular flexibility index (Phi) is 5.69. The standard InChI is InChI=1S/C16H19N3O.ClH/c1-2-7-14(8-3-1)18-16(19-10-4-5-11-19)17-13-15-9-6-12-20-15;/h1-3,6-9,12H,4-5,10-11,13H2,(H,17,18);1H. The summed E-state index contributed by atoms with van der Waals surface area (Å²) < 4.78 is 5.34. The van der Waals surface area contributed by atoms with E-state index in [1.54, 1.807) is 6.26 Å². The van der Waals surface area contributed by atoms with E-state index in [0.29, 0.717) is 6.54 Å². The van der Waals surface area contributed by atoms with Crippen LogP contribution in [0.3, 0.4) is 0 Å². The fourth-order valence-corrected chi connectivity index (χ4v) is 2.35. The van der Waals surface area contributed by atoms with E-state index in [9.17, 15) is 0 Å². The quantitative estimate of drug-likeness (QED) is 0.693. The van der Waals surface area contributed by atoms with Gasteiger partial charge in [0, 0.05) is 18.8 Å². The van der Waals surface area contributed by atoms with Gasteiger partial charge in [-0.2, -0.15) is 0 Å². The molecule has 5 heteroatoms. The zero-order chi connectivity index (χ0) is 13.6. The van der Waals surface area contributed by atoms with Gasteiger partial charge in [0.25, 0.3) is 0 Å². The van der Waals surface area contributed by atoms with Crippen molar-refractivity contribution in [2.75, 3.05) is 18.4 Å². The molecule has 0 bridgehead atoms. The summed E-state index contributed by atoms with van der Waals surface area (Å²) >= 11 is 0. The number of hydrogen-bond acceptors (Lipinski definition) is 2. The van der Waals surface area contributed by atoms with E-state index >= 15 is 0 Å². The van der Waals surface area contributed by atoms with E-state index in [-0.39, 0.29) is 12.4 Å². The summed E-state index contributed by atoms with van der Waals surface area (Å²) in [7, 11) is 0. The Morgan fingerprint density at radius 2 is 1.86 bits per heavy atom. The predicted molar refractivity (Wildman–Crippen MR) is 88.0 cm³/mol. The van der Waals surface area contributed by atoms with Gasteiger partial charge in [-0.3, -0.25) is 0 Å². The third-order valence-corrected chi connectivity index (χ3v) is 3.40. The maximum Gasteiger partial charge on any atom is 0.198 e. The lowest BCUT2D eigenvalue weighted by atomic mass is 10.3. The second-order valence-electron chi connectivity index (χ2n) is 4.90. The fourth-order valence-electron chi connectivity index (χ4n) is 2.35. The molecule has 0 unspecified atom stereocenters. The number of halogens is 1. The SMILES string of the molecule is Cl.c1ccc(NC(=NCc2ccco2)N2CCCC2)cc1. The molecule has 1 fully saturated rings. The number of hydrogen-bond donors (Lipinski definition) is 1. The highest BCUT2D eigenvalue weighted by Crippen LogP contribution is 2.13. The number of rotatable bonds is 3. The second-order valence-corrected chi connectivity index (χ2v) is 4.90. The summed E-state index contributed by atoms with van der Waals surface area (Å²) in [6, 6.07) is 14.0. The highest BCUT2D eigenvalue weighted by atomic mass is 35.5. The number of anilines is 1. The van der Waals surface area contributed by atoms with Crippen molar-refractivity contribution in [3.05, 3.63) is 54.5 Å². The van der Waals surface area contributed by atoms with Gasteiger partial charge < -0.3 is 14.6 Å². The number of furan rings is 1. The molecule has 1 aromatic heterocycles. The van der Waals surface area contributed by atoms with Crippen molar-refractivity contribution in [3.8, 4) is 0 Å². The molecule has 0 aliphatic carbocycles. The number of para-hydroxylation sites is 1. The van der Waals surface area contributed by atoms with Crippen LogP contribution in [0.25, 0.3) is 0 Å². The average Bonchev–Trinajstić information content (AvgIpc) is 3.18. The Balaban J connectivity index is 0.00000161. The van der Waals surface area contributed by atoms with Crippen LogP contribution in [0.4, 0.5) is 5.69 Å². The normalized spacial score (nSPS) is 14.9. The molecule has 1 saturated heterocycles. The Morgan fingerprint density at radius 1 is 1.10 bits per heavy atom. The molecule has 1 aliphatic rings. The second kappa shape index (κ2) is 7.74. The predicted octanol–water partition coefficient (Wildman–Crippen LogP) is 3.77. The molecule has 0 amide bonds. The van der Waals surface area contributed by atoms with Gasteiger partial charge in [0.05, 0.1) is 6.26 Å². The van der Waals surface area contributed by atoms with Crippen molar-refractivity contribution in [3.63, 3.8) is 0 Å². The van der Waals surface area contributed by atoms with Gasteiger partial charge in [-0.1, -0.05) is 18.2 Å². The van der Waals surface area contributed by atoms with Crippen molar-refractivity contribution < 1.29 is 4.42 Å². The molecular weight excluding hydrogens is 286 g/mol. The molecular formula is C16H20ClN3O. The molecule has 1 aromatic carbocycles. The fraction of sp³-hybridized carbons (Fsp3) is 0.312. The van der Waals surface area contributed by atoms with Gasteiger partial charge in [0.1, 0.15) is 12.3 Å². The number of aliphatic imine (C=N–C) groups is 1. The summed E-state index contributed by atoms with van der Waals surface area (Å²) in [6.07, 6.45) is 4.15. The number of nitrogens with one attached hydrogen (secondary N) is 1. The van der Waals surface area contributed by atoms with Gasteiger partial charge in [0.2, 0.25) is 0 Å². The van der Waals surface area contributed by atoms with Crippen LogP contribution in [0.1, 0.15) is 18.6 Å². The molecule has 1 N–H and O–H groups in total.